The topological polar surface area (TPSA) is 68.2 Å². The first kappa shape index (κ1) is 11.9. The molecule has 0 bridgehead atoms. The lowest BCUT2D eigenvalue weighted by molar-refractivity contribution is -0.196. The van der Waals surface area contributed by atoms with Gasteiger partial charge < -0.3 is 24.4 Å². The molecule has 1 heterocycles. The van der Waals surface area contributed by atoms with Gasteiger partial charge in [-0.1, -0.05) is 6.92 Å². The van der Waals surface area contributed by atoms with E-state index in [-0.39, 0.29) is 5.92 Å². The summed E-state index contributed by atoms with van der Waals surface area (Å²) >= 11 is 0. The van der Waals surface area contributed by atoms with Crippen LogP contribution in [0.5, 0.6) is 0 Å². The Bertz CT molecular complexity index is 175. The smallest absolute Gasteiger partial charge is 0.185 e. The number of aliphatic hydroxyl groups excluding tert-OH is 2. The molecule has 0 aromatic rings. The van der Waals surface area contributed by atoms with Crippen molar-refractivity contribution in [3.63, 3.8) is 0 Å². The predicted octanol–water partition coefficient (Wildman–Crippen LogP) is -0.638. The molecule has 84 valence electrons. The first-order valence-electron chi connectivity index (χ1n) is 4.65. The molecule has 0 aromatic heterocycles. The van der Waals surface area contributed by atoms with Gasteiger partial charge in [0.05, 0.1) is 12.7 Å². The molecule has 1 saturated heterocycles. The molecule has 5 unspecified atom stereocenters. The first-order chi connectivity index (χ1) is 6.61. The predicted molar refractivity (Wildman–Crippen MR) is 48.7 cm³/mol. The van der Waals surface area contributed by atoms with Gasteiger partial charge in [0.1, 0.15) is 12.2 Å². The molecule has 0 aromatic carbocycles. The molecule has 0 spiro atoms. The fourth-order valence-electron chi connectivity index (χ4n) is 1.71. The van der Waals surface area contributed by atoms with Crippen LogP contribution in [-0.4, -0.2) is 55.6 Å². The van der Waals surface area contributed by atoms with Crippen molar-refractivity contribution in [2.75, 3.05) is 20.8 Å². The van der Waals surface area contributed by atoms with Gasteiger partial charge in [0.25, 0.3) is 0 Å². The fourth-order valence-corrected chi connectivity index (χ4v) is 1.71. The molecule has 1 rings (SSSR count). The van der Waals surface area contributed by atoms with Crippen LogP contribution in [0.3, 0.4) is 0 Å². The Balaban J connectivity index is 2.73. The highest BCUT2D eigenvalue weighted by Gasteiger charge is 2.39. The van der Waals surface area contributed by atoms with Gasteiger partial charge in [0.15, 0.2) is 6.29 Å². The standard InChI is InChI=1S/C9H18O5/c1-5-4-14-9(13-3)7(11)6(10)8(5)12-2/h5-11H,4H2,1-3H3. The second-order valence-corrected chi connectivity index (χ2v) is 3.60. The van der Waals surface area contributed by atoms with Crippen LogP contribution in [0.4, 0.5) is 0 Å². The number of rotatable bonds is 2. The van der Waals surface area contributed by atoms with Gasteiger partial charge >= 0.3 is 0 Å². The molecule has 0 aliphatic carbocycles. The largest absolute Gasteiger partial charge is 0.387 e. The van der Waals surface area contributed by atoms with Gasteiger partial charge in [-0.25, -0.2) is 0 Å². The summed E-state index contributed by atoms with van der Waals surface area (Å²) in [6.07, 6.45) is -3.27. The third kappa shape index (κ3) is 2.24. The summed E-state index contributed by atoms with van der Waals surface area (Å²) in [7, 11) is 2.93. The zero-order valence-electron chi connectivity index (χ0n) is 8.71. The van der Waals surface area contributed by atoms with E-state index in [1.165, 1.54) is 14.2 Å². The number of hydrogen-bond donors (Lipinski definition) is 2. The summed E-state index contributed by atoms with van der Waals surface area (Å²) in [4.78, 5) is 0. The van der Waals surface area contributed by atoms with Crippen LogP contribution in [0.2, 0.25) is 0 Å². The van der Waals surface area contributed by atoms with Crippen LogP contribution in [0.25, 0.3) is 0 Å². The van der Waals surface area contributed by atoms with Crippen molar-refractivity contribution in [1.82, 2.24) is 0 Å². The average Bonchev–Trinajstić information content (AvgIpc) is 2.27. The molecule has 5 heteroatoms. The minimum atomic E-state index is -1.07. The minimum absolute atomic E-state index is 0.0183. The normalized spacial score (nSPS) is 44.8. The van der Waals surface area contributed by atoms with Crippen LogP contribution in [0.1, 0.15) is 6.92 Å². The molecule has 0 amide bonds. The summed E-state index contributed by atoms with van der Waals surface area (Å²) < 4.78 is 15.3. The van der Waals surface area contributed by atoms with Crippen molar-refractivity contribution >= 4 is 0 Å². The van der Waals surface area contributed by atoms with Gasteiger partial charge in [0, 0.05) is 20.1 Å². The Hall–Kier alpha value is -0.200. The number of aliphatic hydroxyl groups is 2. The van der Waals surface area contributed by atoms with Crippen LogP contribution in [-0.2, 0) is 14.2 Å². The summed E-state index contributed by atoms with van der Waals surface area (Å²) in [5, 5.41) is 19.4. The summed E-state index contributed by atoms with van der Waals surface area (Å²) in [5.41, 5.74) is 0. The molecular formula is C9H18O5. The second-order valence-electron chi connectivity index (χ2n) is 3.60. The zero-order valence-corrected chi connectivity index (χ0v) is 8.71. The highest BCUT2D eigenvalue weighted by atomic mass is 16.7. The lowest BCUT2D eigenvalue weighted by Crippen LogP contribution is -2.45. The second kappa shape index (κ2) is 5.04. The van der Waals surface area contributed by atoms with Crippen LogP contribution >= 0.6 is 0 Å². The highest BCUT2D eigenvalue weighted by Crippen LogP contribution is 2.22. The number of hydrogen-bond acceptors (Lipinski definition) is 5. The van der Waals surface area contributed by atoms with Crippen LogP contribution in [0, 0.1) is 5.92 Å². The Morgan fingerprint density at radius 3 is 2.29 bits per heavy atom. The maximum Gasteiger partial charge on any atom is 0.185 e. The summed E-state index contributed by atoms with van der Waals surface area (Å²) in [5.74, 6) is 0.0183. The summed E-state index contributed by atoms with van der Waals surface area (Å²) in [6.45, 7) is 2.28. The van der Waals surface area contributed by atoms with Crippen molar-refractivity contribution in [2.24, 2.45) is 5.92 Å². The van der Waals surface area contributed by atoms with Crippen LogP contribution in [0.15, 0.2) is 0 Å². The lowest BCUT2D eigenvalue weighted by atomic mass is 9.98. The molecule has 0 saturated carbocycles. The first-order valence-corrected chi connectivity index (χ1v) is 4.65. The average molecular weight is 206 g/mol. The minimum Gasteiger partial charge on any atom is -0.387 e. The van der Waals surface area contributed by atoms with E-state index < -0.39 is 24.6 Å². The third-order valence-corrected chi connectivity index (χ3v) is 2.55. The Labute approximate surface area is 83.6 Å². The molecule has 5 atom stereocenters. The molecule has 14 heavy (non-hydrogen) atoms. The zero-order chi connectivity index (χ0) is 10.7. The quantitative estimate of drug-likeness (QED) is 0.629. The lowest BCUT2D eigenvalue weighted by Gasteiger charge is -2.26. The van der Waals surface area contributed by atoms with Gasteiger partial charge in [0.2, 0.25) is 0 Å². The highest BCUT2D eigenvalue weighted by molar-refractivity contribution is 4.85. The van der Waals surface area contributed by atoms with E-state index in [1.807, 2.05) is 6.92 Å². The van der Waals surface area contributed by atoms with Gasteiger partial charge in [-0.3, -0.25) is 0 Å². The van der Waals surface area contributed by atoms with Crippen molar-refractivity contribution in [2.45, 2.75) is 31.5 Å². The van der Waals surface area contributed by atoms with Crippen LogP contribution < -0.4 is 0 Å². The Kier molecular flexibility index (Phi) is 4.28. The molecule has 1 aliphatic heterocycles. The van der Waals surface area contributed by atoms with E-state index >= 15 is 0 Å². The molecule has 0 radical (unpaired) electrons. The van der Waals surface area contributed by atoms with Gasteiger partial charge in [-0.2, -0.15) is 0 Å². The Morgan fingerprint density at radius 2 is 1.79 bits per heavy atom. The monoisotopic (exact) mass is 206 g/mol. The van der Waals surface area contributed by atoms with E-state index in [0.29, 0.717) is 6.61 Å². The van der Waals surface area contributed by atoms with Crippen molar-refractivity contribution < 1.29 is 24.4 Å². The molecule has 1 aliphatic rings. The molecule has 5 nitrogen and oxygen atoms in total. The van der Waals surface area contributed by atoms with Gasteiger partial charge in [-0.15, -0.1) is 0 Å². The number of methoxy groups -OCH3 is 2. The Morgan fingerprint density at radius 1 is 1.14 bits per heavy atom. The molecule has 2 N–H and O–H groups in total. The van der Waals surface area contributed by atoms with Crippen molar-refractivity contribution in [3.8, 4) is 0 Å². The molecular weight excluding hydrogens is 188 g/mol. The third-order valence-electron chi connectivity index (χ3n) is 2.55. The van der Waals surface area contributed by atoms with E-state index in [1.54, 1.807) is 0 Å². The summed E-state index contributed by atoms with van der Waals surface area (Å²) in [6, 6.07) is 0. The maximum absolute atomic E-state index is 9.75. The maximum atomic E-state index is 9.75. The molecule has 1 fully saturated rings. The SMILES string of the molecule is COC1OCC(C)C(OC)C(O)C1O. The van der Waals surface area contributed by atoms with E-state index in [4.69, 9.17) is 14.2 Å². The van der Waals surface area contributed by atoms with Crippen molar-refractivity contribution in [1.29, 1.82) is 0 Å². The number of ether oxygens (including phenoxy) is 3. The van der Waals surface area contributed by atoms with E-state index in [2.05, 4.69) is 0 Å². The van der Waals surface area contributed by atoms with Gasteiger partial charge in [-0.05, 0) is 0 Å². The van der Waals surface area contributed by atoms with E-state index in [0.717, 1.165) is 0 Å². The van der Waals surface area contributed by atoms with E-state index in [9.17, 15) is 10.2 Å². The fraction of sp³-hybridized carbons (Fsp3) is 1.00. The van der Waals surface area contributed by atoms with Crippen molar-refractivity contribution in [3.05, 3.63) is 0 Å².